The summed E-state index contributed by atoms with van der Waals surface area (Å²) in [6.45, 7) is 3.43. The van der Waals surface area contributed by atoms with Crippen molar-refractivity contribution in [2.75, 3.05) is 6.54 Å². The fourth-order valence-corrected chi connectivity index (χ4v) is 4.85. The Kier molecular flexibility index (Phi) is 5.03. The van der Waals surface area contributed by atoms with Crippen LogP contribution in [0.25, 0.3) is 0 Å². The maximum Gasteiger partial charge on any atom is 0.0502 e. The van der Waals surface area contributed by atoms with Gasteiger partial charge in [0.25, 0.3) is 0 Å². The van der Waals surface area contributed by atoms with Gasteiger partial charge in [-0.15, -0.1) is 0 Å². The molecule has 1 aliphatic carbocycles. The standard InChI is InChI=1S/C18H27BrN2/c1-2-16(20)18(14-7-3-9-15(19)12-14)21-11-5-8-13-6-4-10-17(13)21/h3,7,9,12-13,16-18H,2,4-6,8,10-11,20H2,1H3. The molecule has 1 aromatic rings. The van der Waals surface area contributed by atoms with Gasteiger partial charge in [0, 0.05) is 16.6 Å². The summed E-state index contributed by atoms with van der Waals surface area (Å²) in [5.74, 6) is 0.914. The molecule has 2 aliphatic rings. The van der Waals surface area contributed by atoms with Gasteiger partial charge in [-0.2, -0.15) is 0 Å². The molecule has 2 fully saturated rings. The predicted octanol–water partition coefficient (Wildman–Crippen LogP) is 4.49. The van der Waals surface area contributed by atoms with E-state index in [1.165, 1.54) is 44.2 Å². The molecule has 2 nitrogen and oxygen atoms in total. The Morgan fingerprint density at radius 3 is 2.86 bits per heavy atom. The Morgan fingerprint density at radius 2 is 2.10 bits per heavy atom. The zero-order chi connectivity index (χ0) is 14.8. The molecule has 21 heavy (non-hydrogen) atoms. The highest BCUT2D eigenvalue weighted by atomic mass is 79.9. The normalized spacial score (nSPS) is 29.1. The van der Waals surface area contributed by atoms with E-state index in [4.69, 9.17) is 5.73 Å². The van der Waals surface area contributed by atoms with Crippen LogP contribution >= 0.6 is 15.9 Å². The smallest absolute Gasteiger partial charge is 0.0502 e. The minimum atomic E-state index is 0.221. The maximum absolute atomic E-state index is 6.56. The summed E-state index contributed by atoms with van der Waals surface area (Å²) in [6, 6.07) is 10.1. The third-order valence-electron chi connectivity index (χ3n) is 5.46. The lowest BCUT2D eigenvalue weighted by Crippen LogP contribution is -2.50. The molecule has 0 aromatic heterocycles. The molecule has 1 saturated carbocycles. The lowest BCUT2D eigenvalue weighted by atomic mass is 9.87. The number of rotatable bonds is 4. The van der Waals surface area contributed by atoms with Crippen molar-refractivity contribution in [2.45, 2.75) is 63.6 Å². The highest BCUT2D eigenvalue weighted by molar-refractivity contribution is 9.10. The van der Waals surface area contributed by atoms with Gasteiger partial charge in [0.05, 0.1) is 6.04 Å². The van der Waals surface area contributed by atoms with Crippen molar-refractivity contribution in [3.8, 4) is 0 Å². The van der Waals surface area contributed by atoms with Crippen LogP contribution in [0.1, 0.15) is 57.1 Å². The van der Waals surface area contributed by atoms with Gasteiger partial charge in [-0.3, -0.25) is 4.90 Å². The molecule has 4 atom stereocenters. The molecule has 2 N–H and O–H groups in total. The second-order valence-electron chi connectivity index (χ2n) is 6.71. The van der Waals surface area contributed by atoms with Crippen LogP contribution in [0.5, 0.6) is 0 Å². The van der Waals surface area contributed by atoms with Crippen molar-refractivity contribution in [1.29, 1.82) is 0 Å². The van der Waals surface area contributed by atoms with Crippen molar-refractivity contribution in [1.82, 2.24) is 4.90 Å². The van der Waals surface area contributed by atoms with Gasteiger partial charge in [0.15, 0.2) is 0 Å². The van der Waals surface area contributed by atoms with Crippen LogP contribution in [0, 0.1) is 5.92 Å². The van der Waals surface area contributed by atoms with Crippen LogP contribution in [0.4, 0.5) is 0 Å². The quantitative estimate of drug-likeness (QED) is 0.866. The monoisotopic (exact) mass is 350 g/mol. The lowest BCUT2D eigenvalue weighted by Gasteiger charge is -2.45. The van der Waals surface area contributed by atoms with E-state index in [-0.39, 0.29) is 6.04 Å². The lowest BCUT2D eigenvalue weighted by molar-refractivity contribution is 0.0537. The largest absolute Gasteiger partial charge is 0.326 e. The molecule has 3 heteroatoms. The molecule has 0 spiro atoms. The third-order valence-corrected chi connectivity index (χ3v) is 5.95. The van der Waals surface area contributed by atoms with Crippen LogP contribution < -0.4 is 5.73 Å². The fourth-order valence-electron chi connectivity index (χ4n) is 4.44. The van der Waals surface area contributed by atoms with E-state index in [1.54, 1.807) is 0 Å². The average molecular weight is 351 g/mol. The number of halogens is 1. The molecule has 0 bridgehead atoms. The minimum Gasteiger partial charge on any atom is -0.326 e. The average Bonchev–Trinajstić information content (AvgIpc) is 2.96. The molecular weight excluding hydrogens is 324 g/mol. The molecule has 4 unspecified atom stereocenters. The Bertz CT molecular complexity index is 476. The number of hydrogen-bond acceptors (Lipinski definition) is 2. The van der Waals surface area contributed by atoms with Crippen LogP contribution in [0.2, 0.25) is 0 Å². The molecule has 1 aromatic carbocycles. The number of likely N-dealkylation sites (tertiary alicyclic amines) is 1. The molecule has 1 aliphatic heterocycles. The van der Waals surface area contributed by atoms with E-state index >= 15 is 0 Å². The van der Waals surface area contributed by atoms with Gasteiger partial charge in [-0.25, -0.2) is 0 Å². The van der Waals surface area contributed by atoms with E-state index in [0.717, 1.165) is 22.9 Å². The minimum absolute atomic E-state index is 0.221. The first-order chi connectivity index (χ1) is 10.2. The first-order valence-electron chi connectivity index (χ1n) is 8.47. The van der Waals surface area contributed by atoms with Crippen molar-refractivity contribution in [3.05, 3.63) is 34.3 Å². The van der Waals surface area contributed by atoms with Crippen molar-refractivity contribution in [2.24, 2.45) is 11.7 Å². The summed E-state index contributed by atoms with van der Waals surface area (Å²) >= 11 is 3.62. The number of benzene rings is 1. The van der Waals surface area contributed by atoms with Crippen LogP contribution in [-0.4, -0.2) is 23.5 Å². The SMILES string of the molecule is CCC(N)C(c1cccc(Br)c1)N1CCCC2CCCC21. The molecular formula is C18H27BrN2. The summed E-state index contributed by atoms with van der Waals surface area (Å²) < 4.78 is 1.16. The van der Waals surface area contributed by atoms with Crippen molar-refractivity contribution in [3.63, 3.8) is 0 Å². The maximum atomic E-state index is 6.56. The van der Waals surface area contributed by atoms with Crippen molar-refractivity contribution < 1.29 is 0 Å². The van der Waals surface area contributed by atoms with E-state index in [2.05, 4.69) is 52.0 Å². The molecule has 1 heterocycles. The van der Waals surface area contributed by atoms with E-state index in [1.807, 2.05) is 0 Å². The highest BCUT2D eigenvalue weighted by Gasteiger charge is 2.40. The highest BCUT2D eigenvalue weighted by Crippen LogP contribution is 2.42. The van der Waals surface area contributed by atoms with Crippen LogP contribution in [-0.2, 0) is 0 Å². The molecule has 3 rings (SSSR count). The zero-order valence-electron chi connectivity index (χ0n) is 13.0. The number of hydrogen-bond donors (Lipinski definition) is 1. The second-order valence-corrected chi connectivity index (χ2v) is 7.63. The topological polar surface area (TPSA) is 29.3 Å². The third kappa shape index (κ3) is 3.20. The summed E-state index contributed by atoms with van der Waals surface area (Å²) in [5, 5.41) is 0. The molecule has 1 saturated heterocycles. The molecule has 0 amide bonds. The van der Waals surface area contributed by atoms with E-state index in [9.17, 15) is 0 Å². The summed E-state index contributed by atoms with van der Waals surface area (Å²) in [7, 11) is 0. The van der Waals surface area contributed by atoms with E-state index < -0.39 is 0 Å². The first kappa shape index (κ1) is 15.5. The second kappa shape index (κ2) is 6.80. The Hall–Kier alpha value is -0.380. The van der Waals surface area contributed by atoms with Gasteiger partial charge >= 0.3 is 0 Å². The summed E-state index contributed by atoms with van der Waals surface area (Å²) in [5.41, 5.74) is 7.94. The summed E-state index contributed by atoms with van der Waals surface area (Å²) in [6.07, 6.45) is 7.98. The Morgan fingerprint density at radius 1 is 1.29 bits per heavy atom. The van der Waals surface area contributed by atoms with Crippen molar-refractivity contribution >= 4 is 15.9 Å². The van der Waals surface area contributed by atoms with Gasteiger partial charge in [-0.05, 0) is 62.3 Å². The molecule has 0 radical (unpaired) electrons. The first-order valence-corrected chi connectivity index (χ1v) is 9.26. The van der Waals surface area contributed by atoms with Gasteiger partial charge in [0.2, 0.25) is 0 Å². The molecule has 116 valence electrons. The predicted molar refractivity (Wildman–Crippen MR) is 92.2 cm³/mol. The van der Waals surface area contributed by atoms with Gasteiger partial charge in [-0.1, -0.05) is 41.4 Å². The van der Waals surface area contributed by atoms with Crippen LogP contribution in [0.3, 0.4) is 0 Å². The summed E-state index contributed by atoms with van der Waals surface area (Å²) in [4.78, 5) is 2.75. The number of piperidine rings is 1. The van der Waals surface area contributed by atoms with Gasteiger partial charge < -0.3 is 5.73 Å². The van der Waals surface area contributed by atoms with Gasteiger partial charge in [0.1, 0.15) is 0 Å². The number of nitrogens with zero attached hydrogens (tertiary/aromatic N) is 1. The number of nitrogens with two attached hydrogens (primary N) is 1. The Balaban J connectivity index is 1.91. The van der Waals surface area contributed by atoms with Crippen LogP contribution in [0.15, 0.2) is 28.7 Å². The van der Waals surface area contributed by atoms with E-state index in [0.29, 0.717) is 6.04 Å². The number of fused-ring (bicyclic) bond motifs is 1. The fraction of sp³-hybridized carbons (Fsp3) is 0.667. The Labute approximate surface area is 137 Å². The zero-order valence-corrected chi connectivity index (χ0v) is 14.6.